The van der Waals surface area contributed by atoms with Crippen molar-refractivity contribution < 1.29 is 29.6 Å². The Kier molecular flexibility index (Phi) is 7.78. The fourth-order valence-electron chi connectivity index (χ4n) is 9.21. The van der Waals surface area contributed by atoms with Crippen LogP contribution in [0.15, 0.2) is 34.9 Å². The lowest BCUT2D eigenvalue weighted by Gasteiger charge is -2.68. The number of carboxylic acids is 1. The van der Waals surface area contributed by atoms with E-state index < -0.39 is 41.2 Å². The van der Waals surface area contributed by atoms with Crippen molar-refractivity contribution in [2.24, 2.45) is 46.0 Å². The van der Waals surface area contributed by atoms with Crippen molar-refractivity contribution in [3.8, 4) is 0 Å². The van der Waals surface area contributed by atoms with Gasteiger partial charge in [-0.2, -0.15) is 0 Å². The third kappa shape index (κ3) is 4.37. The minimum Gasteiger partial charge on any atom is -0.478 e. The fourth-order valence-corrected chi connectivity index (χ4v) is 9.21. The average Bonchev–Trinajstić information content (AvgIpc) is 3.08. The Morgan fingerprint density at radius 1 is 1.11 bits per heavy atom. The molecule has 0 unspecified atom stereocenters. The number of nitrogens with two attached hydrogens (primary N) is 2. The third-order valence-corrected chi connectivity index (χ3v) is 10.8. The topological polar surface area (TPSA) is 156 Å². The van der Waals surface area contributed by atoms with Gasteiger partial charge in [0.1, 0.15) is 6.10 Å². The number of aliphatic carboxylic acids is 1. The molecule has 7 N–H and O–H groups in total. The van der Waals surface area contributed by atoms with Crippen molar-refractivity contribution in [3.05, 3.63) is 34.9 Å². The summed E-state index contributed by atoms with van der Waals surface area (Å²) >= 11 is 0. The van der Waals surface area contributed by atoms with Crippen molar-refractivity contribution in [2.45, 2.75) is 97.0 Å². The molecule has 0 spiro atoms. The van der Waals surface area contributed by atoms with Crippen LogP contribution in [0.1, 0.15) is 73.1 Å². The molecule has 0 amide bonds. The zero-order valence-corrected chi connectivity index (χ0v) is 23.4. The molecule has 4 saturated carbocycles. The molecule has 4 fully saturated rings. The van der Waals surface area contributed by atoms with Gasteiger partial charge < -0.3 is 31.5 Å². The van der Waals surface area contributed by atoms with Crippen molar-refractivity contribution in [1.29, 1.82) is 0 Å². The summed E-state index contributed by atoms with van der Waals surface area (Å²) in [4.78, 5) is 24.7. The highest BCUT2D eigenvalue weighted by atomic mass is 16.5. The molecule has 0 aromatic rings. The normalized spacial score (nSPS) is 45.6. The van der Waals surface area contributed by atoms with Crippen molar-refractivity contribution in [2.75, 3.05) is 6.54 Å². The van der Waals surface area contributed by atoms with Crippen LogP contribution < -0.4 is 11.5 Å². The van der Waals surface area contributed by atoms with Crippen LogP contribution in [-0.4, -0.2) is 57.7 Å². The number of esters is 1. The number of fused-ring (bicyclic) bond motifs is 5. The molecule has 0 bridgehead atoms. The number of rotatable bonds is 5. The predicted molar refractivity (Wildman–Crippen MR) is 145 cm³/mol. The first kappa shape index (κ1) is 29.0. The minimum absolute atomic E-state index is 0.0392. The summed E-state index contributed by atoms with van der Waals surface area (Å²) in [5.74, 6) is -2.06. The lowest BCUT2D eigenvalue weighted by Crippen LogP contribution is -2.74. The summed E-state index contributed by atoms with van der Waals surface area (Å²) in [6.45, 7) is 9.88. The number of hydrogen-bond acceptors (Lipinski definition) is 7. The van der Waals surface area contributed by atoms with Gasteiger partial charge in [0, 0.05) is 24.3 Å². The van der Waals surface area contributed by atoms with Gasteiger partial charge in [-0.25, -0.2) is 4.79 Å². The van der Waals surface area contributed by atoms with Crippen molar-refractivity contribution in [3.63, 3.8) is 0 Å². The smallest absolute Gasteiger partial charge is 0.335 e. The molecule has 0 radical (unpaired) electrons. The molecule has 0 heterocycles. The van der Waals surface area contributed by atoms with Gasteiger partial charge in [-0.1, -0.05) is 31.6 Å². The van der Waals surface area contributed by atoms with E-state index >= 15 is 0 Å². The number of hydrogen-bond donors (Lipinski definition) is 5. The van der Waals surface area contributed by atoms with Crippen molar-refractivity contribution >= 4 is 11.9 Å². The zero-order valence-electron chi connectivity index (χ0n) is 23.4. The molecule has 0 aromatic heterocycles. The van der Waals surface area contributed by atoms with Crippen LogP contribution in [0.25, 0.3) is 0 Å². The van der Waals surface area contributed by atoms with Crippen LogP contribution >= 0.6 is 0 Å². The number of aliphatic hydroxyl groups excluding tert-OH is 2. The average molecular weight is 531 g/mol. The first-order valence-electron chi connectivity index (χ1n) is 14.0. The Morgan fingerprint density at radius 2 is 1.79 bits per heavy atom. The molecule has 4 aliphatic carbocycles. The second-order valence-corrected chi connectivity index (χ2v) is 13.0. The highest BCUT2D eigenvalue weighted by molar-refractivity contribution is 5.91. The molecular weight excluding hydrogens is 484 g/mol. The maximum Gasteiger partial charge on any atom is 0.335 e. The number of carbonyl (C=O) groups is 2. The van der Waals surface area contributed by atoms with E-state index in [1.54, 1.807) is 12.2 Å². The number of carboxylic acid groups (broad SMARTS) is 1. The second kappa shape index (κ2) is 10.2. The Bertz CT molecular complexity index is 1060. The number of carbonyl (C=O) groups excluding carboxylic acids is 1. The van der Waals surface area contributed by atoms with Gasteiger partial charge in [-0.15, -0.1) is 0 Å². The summed E-state index contributed by atoms with van der Waals surface area (Å²) in [5.41, 5.74) is 13.5. The van der Waals surface area contributed by atoms with Gasteiger partial charge in [0.05, 0.1) is 17.8 Å². The summed E-state index contributed by atoms with van der Waals surface area (Å²) < 4.78 is 5.78. The number of aliphatic hydroxyl groups is 2. The van der Waals surface area contributed by atoms with Gasteiger partial charge in [0.15, 0.2) is 0 Å². The van der Waals surface area contributed by atoms with E-state index in [1.165, 1.54) is 6.92 Å². The van der Waals surface area contributed by atoms with E-state index in [-0.39, 0.29) is 34.7 Å². The van der Waals surface area contributed by atoms with Crippen LogP contribution in [-0.2, 0) is 14.3 Å². The molecule has 8 nitrogen and oxygen atoms in total. The van der Waals surface area contributed by atoms with Gasteiger partial charge >= 0.3 is 11.9 Å². The van der Waals surface area contributed by atoms with Crippen LogP contribution in [0.2, 0.25) is 0 Å². The molecule has 212 valence electrons. The van der Waals surface area contributed by atoms with E-state index in [0.717, 1.165) is 18.4 Å². The Labute approximate surface area is 226 Å². The maximum absolute atomic E-state index is 12.6. The van der Waals surface area contributed by atoms with E-state index in [1.807, 2.05) is 19.9 Å². The molecule has 4 aliphatic rings. The minimum atomic E-state index is -1.09. The Morgan fingerprint density at radius 3 is 2.37 bits per heavy atom. The Balaban J connectivity index is 1.85. The lowest BCUT2D eigenvalue weighted by molar-refractivity contribution is -0.202. The standard InChI is InChI=1S/C30H46N2O6/c1-16(2)7-6-8-18(27(36)37)25-21-13-23(35)26-28(4)11-10-22(34)19(15-31)20(28)9-12-30(26,32)29(21,5)14-24(25)38-17(3)33/h6-8,19-24,26,34-35H,9-15,31-32H2,1-5H3,(H,36,37)/b8-6+,25-18-/t19-,20-,21-,22+,23+,24-,26-,28-,29-,30+/m0/s1. The Hall–Kier alpha value is -2.00. The van der Waals surface area contributed by atoms with Crippen molar-refractivity contribution in [1.82, 2.24) is 0 Å². The number of ether oxygens (including phenoxy) is 1. The maximum atomic E-state index is 12.6. The highest BCUT2D eigenvalue weighted by Gasteiger charge is 2.71. The summed E-state index contributed by atoms with van der Waals surface area (Å²) in [6.07, 6.45) is 6.70. The molecule has 0 saturated heterocycles. The fraction of sp³-hybridized carbons (Fsp3) is 0.733. The van der Waals surface area contributed by atoms with Crippen LogP contribution in [0.3, 0.4) is 0 Å². The molecule has 38 heavy (non-hydrogen) atoms. The molecule has 0 aliphatic heterocycles. The number of allylic oxidation sites excluding steroid dienone is 3. The van der Waals surface area contributed by atoms with E-state index in [2.05, 4.69) is 13.8 Å². The van der Waals surface area contributed by atoms with Gasteiger partial charge in [-0.05, 0) is 93.2 Å². The molecule has 10 atom stereocenters. The first-order chi connectivity index (χ1) is 17.7. The molecular formula is C30H46N2O6. The summed E-state index contributed by atoms with van der Waals surface area (Å²) in [5, 5.41) is 32.8. The van der Waals surface area contributed by atoms with E-state index in [9.17, 15) is 24.9 Å². The first-order valence-corrected chi connectivity index (χ1v) is 14.0. The van der Waals surface area contributed by atoms with Crippen LogP contribution in [0, 0.1) is 34.5 Å². The van der Waals surface area contributed by atoms with Crippen LogP contribution in [0.5, 0.6) is 0 Å². The lowest BCUT2D eigenvalue weighted by atomic mass is 9.39. The van der Waals surface area contributed by atoms with E-state index in [4.69, 9.17) is 16.2 Å². The predicted octanol–water partition coefficient (Wildman–Crippen LogP) is 3.07. The van der Waals surface area contributed by atoms with E-state index in [0.29, 0.717) is 37.8 Å². The van der Waals surface area contributed by atoms with Gasteiger partial charge in [-0.3, -0.25) is 4.79 Å². The largest absolute Gasteiger partial charge is 0.478 e. The van der Waals surface area contributed by atoms with Gasteiger partial charge in [0.25, 0.3) is 0 Å². The monoisotopic (exact) mass is 530 g/mol. The second-order valence-electron chi connectivity index (χ2n) is 13.0. The quantitative estimate of drug-likeness (QED) is 0.206. The third-order valence-electron chi connectivity index (χ3n) is 10.8. The molecule has 4 rings (SSSR count). The highest BCUT2D eigenvalue weighted by Crippen LogP contribution is 2.70. The van der Waals surface area contributed by atoms with Gasteiger partial charge in [0.2, 0.25) is 0 Å². The van der Waals surface area contributed by atoms with Crippen LogP contribution in [0.4, 0.5) is 0 Å². The zero-order chi connectivity index (χ0) is 28.2. The summed E-state index contributed by atoms with van der Waals surface area (Å²) in [7, 11) is 0. The summed E-state index contributed by atoms with van der Waals surface area (Å²) in [6, 6.07) is 0. The SMILES string of the molecule is CC(=O)O[C@H]1C[C@@]2(C)[C@@H](C[C@@H](O)[C@H]3[C@@]4(C)CC[C@@H](O)[C@@H](CN)[C@@H]4CC[C@@]32N)/C1=C(\C=C\C=C(C)C)C(=O)O. The molecule has 8 heteroatoms. The molecule has 0 aromatic carbocycles.